The Morgan fingerprint density at radius 2 is 1.96 bits per heavy atom. The van der Waals surface area contributed by atoms with Gasteiger partial charge in [0.2, 0.25) is 5.91 Å². The summed E-state index contributed by atoms with van der Waals surface area (Å²) in [7, 11) is 0. The minimum atomic E-state index is -4.41. The molecule has 0 aromatic carbocycles. The van der Waals surface area contributed by atoms with Crippen molar-refractivity contribution in [1.29, 1.82) is 0 Å². The molecule has 25 heavy (non-hydrogen) atoms. The molecule has 1 heterocycles. The molecule has 0 fully saturated rings. The maximum Gasteiger partial charge on any atom is 0.434 e. The molecule has 1 aromatic heterocycles. The highest BCUT2D eigenvalue weighted by Gasteiger charge is 2.33. The molecule has 0 saturated heterocycles. The van der Waals surface area contributed by atoms with Crippen LogP contribution in [0, 0.1) is 0 Å². The van der Waals surface area contributed by atoms with Crippen LogP contribution in [0.25, 0.3) is 0 Å². The fourth-order valence-electron chi connectivity index (χ4n) is 1.66. The van der Waals surface area contributed by atoms with Crippen molar-refractivity contribution in [2.45, 2.75) is 32.9 Å². The highest BCUT2D eigenvalue weighted by Crippen LogP contribution is 2.29. The van der Waals surface area contributed by atoms with Crippen molar-refractivity contribution in [3.63, 3.8) is 0 Å². The van der Waals surface area contributed by atoms with E-state index in [4.69, 9.17) is 0 Å². The molecule has 0 bridgehead atoms. The number of rotatable bonds is 8. The van der Waals surface area contributed by atoms with Crippen LogP contribution in [0.1, 0.15) is 31.0 Å². The highest BCUT2D eigenvalue weighted by atomic mass is 127. The van der Waals surface area contributed by atoms with Gasteiger partial charge in [-0.25, -0.2) is 9.98 Å². The molecule has 6 nitrogen and oxygen atoms in total. The van der Waals surface area contributed by atoms with Gasteiger partial charge >= 0.3 is 6.18 Å². The summed E-state index contributed by atoms with van der Waals surface area (Å²) in [6, 6.07) is 0. The SMILES string of the molecule is CCCNC(=O)CN=C(NCC)NCCc1nc(C(F)(F)F)cs1.I. The van der Waals surface area contributed by atoms with Crippen LogP contribution in [0.2, 0.25) is 0 Å². The van der Waals surface area contributed by atoms with Crippen molar-refractivity contribution >= 4 is 47.2 Å². The number of aliphatic imine (C=N–C) groups is 1. The number of nitrogens with zero attached hydrogens (tertiary/aromatic N) is 2. The molecule has 0 radical (unpaired) electrons. The molecule has 3 N–H and O–H groups in total. The van der Waals surface area contributed by atoms with Gasteiger partial charge in [-0.1, -0.05) is 6.92 Å². The van der Waals surface area contributed by atoms with Crippen molar-refractivity contribution in [2.24, 2.45) is 4.99 Å². The van der Waals surface area contributed by atoms with E-state index >= 15 is 0 Å². The van der Waals surface area contributed by atoms with Gasteiger partial charge in [0.15, 0.2) is 11.7 Å². The summed E-state index contributed by atoms with van der Waals surface area (Å²) in [6.45, 7) is 5.41. The zero-order valence-electron chi connectivity index (χ0n) is 14.1. The molecule has 0 saturated carbocycles. The second kappa shape index (κ2) is 12.3. The first-order valence-corrected chi connectivity index (χ1v) is 8.55. The summed E-state index contributed by atoms with van der Waals surface area (Å²) < 4.78 is 37.4. The van der Waals surface area contributed by atoms with Gasteiger partial charge < -0.3 is 16.0 Å². The second-order valence-electron chi connectivity index (χ2n) is 4.85. The Morgan fingerprint density at radius 1 is 1.24 bits per heavy atom. The van der Waals surface area contributed by atoms with E-state index in [0.717, 1.165) is 23.1 Å². The average Bonchev–Trinajstić information content (AvgIpc) is 2.99. The first-order chi connectivity index (χ1) is 11.4. The van der Waals surface area contributed by atoms with Gasteiger partial charge in [-0.2, -0.15) is 13.2 Å². The summed E-state index contributed by atoms with van der Waals surface area (Å²) in [5, 5.41) is 10.1. The van der Waals surface area contributed by atoms with E-state index in [1.54, 1.807) is 0 Å². The standard InChI is InChI=1S/C14H22F3N5OS.HI/c1-3-6-19-11(23)8-21-13(18-4-2)20-7-5-12-22-10(9-24-12)14(15,16)17;/h9H,3-8H2,1-2H3,(H,19,23)(H2,18,20,21);1H. The van der Waals surface area contributed by atoms with E-state index in [-0.39, 0.29) is 36.4 Å². The lowest BCUT2D eigenvalue weighted by Crippen LogP contribution is -2.39. The zero-order valence-corrected chi connectivity index (χ0v) is 17.2. The number of aromatic nitrogens is 1. The van der Waals surface area contributed by atoms with Crippen LogP contribution in [0.4, 0.5) is 13.2 Å². The molecule has 0 aliphatic carbocycles. The van der Waals surface area contributed by atoms with E-state index in [2.05, 4.69) is 25.9 Å². The monoisotopic (exact) mass is 493 g/mol. The molecule has 1 rings (SSSR count). The number of halogens is 4. The Labute approximate surface area is 166 Å². The highest BCUT2D eigenvalue weighted by molar-refractivity contribution is 14.0. The predicted octanol–water partition coefficient (Wildman–Crippen LogP) is 2.40. The molecule has 11 heteroatoms. The van der Waals surface area contributed by atoms with E-state index < -0.39 is 11.9 Å². The summed E-state index contributed by atoms with van der Waals surface area (Å²) in [5.74, 6) is 0.264. The maximum atomic E-state index is 12.5. The summed E-state index contributed by atoms with van der Waals surface area (Å²) >= 11 is 0.973. The van der Waals surface area contributed by atoms with Crippen molar-refractivity contribution in [3.05, 3.63) is 16.1 Å². The predicted molar refractivity (Wildman–Crippen MR) is 104 cm³/mol. The number of alkyl halides is 3. The van der Waals surface area contributed by atoms with Crippen molar-refractivity contribution in [3.8, 4) is 0 Å². The lowest BCUT2D eigenvalue weighted by atomic mass is 10.4. The molecule has 0 atom stereocenters. The first-order valence-electron chi connectivity index (χ1n) is 7.67. The molecular formula is C14H23F3IN5OS. The Balaban J connectivity index is 0.00000576. The van der Waals surface area contributed by atoms with Crippen molar-refractivity contribution in [2.75, 3.05) is 26.2 Å². The van der Waals surface area contributed by atoms with Gasteiger partial charge in [-0.15, -0.1) is 35.3 Å². The van der Waals surface area contributed by atoms with E-state index in [1.807, 2.05) is 13.8 Å². The van der Waals surface area contributed by atoms with Gasteiger partial charge in [-0.3, -0.25) is 4.79 Å². The Hall–Kier alpha value is -1.11. The lowest BCUT2D eigenvalue weighted by Gasteiger charge is -2.10. The van der Waals surface area contributed by atoms with Gasteiger partial charge in [-0.05, 0) is 13.3 Å². The fraction of sp³-hybridized carbons (Fsp3) is 0.643. The molecule has 0 aliphatic heterocycles. The van der Waals surface area contributed by atoms with Crippen LogP contribution in [-0.4, -0.2) is 43.0 Å². The van der Waals surface area contributed by atoms with Gasteiger partial charge in [0, 0.05) is 31.4 Å². The number of amides is 1. The van der Waals surface area contributed by atoms with Gasteiger partial charge in [0.25, 0.3) is 0 Å². The minimum Gasteiger partial charge on any atom is -0.357 e. The normalized spacial score (nSPS) is 11.6. The summed E-state index contributed by atoms with van der Waals surface area (Å²) in [5.41, 5.74) is -0.865. The third-order valence-electron chi connectivity index (χ3n) is 2.77. The molecule has 1 aromatic rings. The molecule has 0 spiro atoms. The Morgan fingerprint density at radius 3 is 2.52 bits per heavy atom. The minimum absolute atomic E-state index is 0. The summed E-state index contributed by atoms with van der Waals surface area (Å²) in [6.07, 6.45) is -3.22. The Bertz CT molecular complexity index is 551. The van der Waals surface area contributed by atoms with E-state index in [0.29, 0.717) is 37.0 Å². The zero-order chi connectivity index (χ0) is 18.0. The first kappa shape index (κ1) is 23.9. The van der Waals surface area contributed by atoms with Crippen LogP contribution in [0.3, 0.4) is 0 Å². The van der Waals surface area contributed by atoms with Gasteiger partial charge in [0.1, 0.15) is 6.54 Å². The lowest BCUT2D eigenvalue weighted by molar-refractivity contribution is -0.140. The van der Waals surface area contributed by atoms with Crippen molar-refractivity contribution in [1.82, 2.24) is 20.9 Å². The second-order valence-corrected chi connectivity index (χ2v) is 5.79. The van der Waals surface area contributed by atoms with E-state index in [1.165, 1.54) is 0 Å². The largest absolute Gasteiger partial charge is 0.434 e. The van der Waals surface area contributed by atoms with Crippen LogP contribution < -0.4 is 16.0 Å². The van der Waals surface area contributed by atoms with Crippen LogP contribution >= 0.6 is 35.3 Å². The smallest absolute Gasteiger partial charge is 0.357 e. The number of nitrogens with one attached hydrogen (secondary N) is 3. The number of guanidine groups is 1. The number of thiazole rings is 1. The quantitative estimate of drug-likeness (QED) is 0.296. The molecule has 0 aliphatic rings. The number of hydrogen-bond acceptors (Lipinski definition) is 4. The third kappa shape index (κ3) is 9.82. The fourth-order valence-corrected chi connectivity index (χ4v) is 2.46. The van der Waals surface area contributed by atoms with Crippen LogP contribution in [0.5, 0.6) is 0 Å². The maximum absolute atomic E-state index is 12.5. The molecule has 1 amide bonds. The number of carbonyl (C=O) groups is 1. The van der Waals surface area contributed by atoms with Gasteiger partial charge in [0.05, 0.1) is 5.01 Å². The van der Waals surface area contributed by atoms with Crippen LogP contribution in [-0.2, 0) is 17.4 Å². The summed E-state index contributed by atoms with van der Waals surface area (Å²) in [4.78, 5) is 19.2. The number of hydrogen-bond donors (Lipinski definition) is 3. The topological polar surface area (TPSA) is 78.4 Å². The number of carbonyl (C=O) groups excluding carboxylic acids is 1. The van der Waals surface area contributed by atoms with E-state index in [9.17, 15) is 18.0 Å². The Kier molecular flexibility index (Phi) is 11.7. The molecule has 0 unspecified atom stereocenters. The third-order valence-corrected chi connectivity index (χ3v) is 3.68. The van der Waals surface area contributed by atoms with Crippen LogP contribution in [0.15, 0.2) is 10.4 Å². The average molecular weight is 493 g/mol. The van der Waals surface area contributed by atoms with Crippen molar-refractivity contribution < 1.29 is 18.0 Å². The molecule has 144 valence electrons. The molecular weight excluding hydrogens is 470 g/mol.